The summed E-state index contributed by atoms with van der Waals surface area (Å²) < 4.78 is 5.41. The lowest BCUT2D eigenvalue weighted by molar-refractivity contribution is 0.132. The summed E-state index contributed by atoms with van der Waals surface area (Å²) in [7, 11) is 0. The van der Waals surface area contributed by atoms with Gasteiger partial charge in [0.25, 0.3) is 0 Å². The zero-order valence-electron chi connectivity index (χ0n) is 11.3. The molecule has 0 aliphatic heterocycles. The number of ether oxygens (including phenoxy) is 1. The summed E-state index contributed by atoms with van der Waals surface area (Å²) in [5, 5.41) is 12.2. The summed E-state index contributed by atoms with van der Waals surface area (Å²) in [6.45, 7) is 7.66. The summed E-state index contributed by atoms with van der Waals surface area (Å²) in [4.78, 5) is 0. The molecule has 1 rings (SSSR count). The molecule has 0 atom stereocenters. The van der Waals surface area contributed by atoms with Crippen LogP contribution in [0.25, 0.3) is 0 Å². The number of rotatable bonds is 8. The molecule has 0 saturated heterocycles. The fourth-order valence-corrected chi connectivity index (χ4v) is 1.73. The molecule has 3 heteroatoms. The Balaban J connectivity index is 2.21. The molecule has 3 nitrogen and oxygen atoms in total. The van der Waals surface area contributed by atoms with E-state index in [1.165, 1.54) is 11.1 Å². The van der Waals surface area contributed by atoms with E-state index in [0.717, 1.165) is 44.7 Å². The molecule has 0 aromatic heterocycles. The first kappa shape index (κ1) is 14.7. The highest BCUT2D eigenvalue weighted by atomic mass is 16.5. The molecule has 1 aromatic rings. The van der Waals surface area contributed by atoms with E-state index in [-0.39, 0.29) is 0 Å². The van der Waals surface area contributed by atoms with Crippen LogP contribution in [-0.2, 0) is 11.3 Å². The average molecular weight is 246 g/mol. The van der Waals surface area contributed by atoms with E-state index in [1.54, 1.807) is 0 Å². The molecular formula is C15H22N2O. The molecule has 0 heterocycles. The van der Waals surface area contributed by atoms with Gasteiger partial charge in [0.05, 0.1) is 11.6 Å². The molecule has 0 aliphatic rings. The SMILES string of the molecule is CCCOCCCNCc1ccc(C#N)cc1C. The van der Waals surface area contributed by atoms with E-state index >= 15 is 0 Å². The lowest BCUT2D eigenvalue weighted by Gasteiger charge is -2.08. The van der Waals surface area contributed by atoms with Gasteiger partial charge in [-0.15, -0.1) is 0 Å². The van der Waals surface area contributed by atoms with E-state index < -0.39 is 0 Å². The first-order valence-corrected chi connectivity index (χ1v) is 6.56. The minimum Gasteiger partial charge on any atom is -0.381 e. The Morgan fingerprint density at radius 2 is 2.17 bits per heavy atom. The third-order valence-corrected chi connectivity index (χ3v) is 2.78. The van der Waals surface area contributed by atoms with Crippen LogP contribution in [-0.4, -0.2) is 19.8 Å². The van der Waals surface area contributed by atoms with Crippen molar-refractivity contribution in [1.82, 2.24) is 5.32 Å². The zero-order chi connectivity index (χ0) is 13.2. The van der Waals surface area contributed by atoms with Crippen LogP contribution in [0.3, 0.4) is 0 Å². The monoisotopic (exact) mass is 246 g/mol. The molecule has 0 saturated carbocycles. The van der Waals surface area contributed by atoms with Crippen LogP contribution in [0.5, 0.6) is 0 Å². The minimum absolute atomic E-state index is 0.726. The van der Waals surface area contributed by atoms with Crippen LogP contribution in [0.15, 0.2) is 18.2 Å². The van der Waals surface area contributed by atoms with Gasteiger partial charge < -0.3 is 10.1 Å². The first-order chi connectivity index (χ1) is 8.77. The fraction of sp³-hybridized carbons (Fsp3) is 0.533. The Morgan fingerprint density at radius 3 is 2.83 bits per heavy atom. The fourth-order valence-electron chi connectivity index (χ4n) is 1.73. The maximum Gasteiger partial charge on any atom is 0.0991 e. The highest BCUT2D eigenvalue weighted by Crippen LogP contribution is 2.10. The Labute approximate surface area is 110 Å². The van der Waals surface area contributed by atoms with Crippen molar-refractivity contribution in [3.8, 4) is 6.07 Å². The van der Waals surface area contributed by atoms with Gasteiger partial charge in [-0.25, -0.2) is 0 Å². The van der Waals surface area contributed by atoms with Crippen molar-refractivity contribution in [2.75, 3.05) is 19.8 Å². The number of nitrogens with one attached hydrogen (secondary N) is 1. The van der Waals surface area contributed by atoms with E-state index in [1.807, 2.05) is 25.1 Å². The quantitative estimate of drug-likeness (QED) is 0.717. The topological polar surface area (TPSA) is 45.0 Å². The predicted octanol–water partition coefficient (Wildman–Crippen LogP) is 2.77. The smallest absolute Gasteiger partial charge is 0.0991 e. The van der Waals surface area contributed by atoms with Crippen LogP contribution in [0.1, 0.15) is 36.5 Å². The van der Waals surface area contributed by atoms with E-state index in [0.29, 0.717) is 0 Å². The molecule has 18 heavy (non-hydrogen) atoms. The van der Waals surface area contributed by atoms with Gasteiger partial charge in [0, 0.05) is 19.8 Å². The lowest BCUT2D eigenvalue weighted by atomic mass is 10.1. The molecule has 0 amide bonds. The van der Waals surface area contributed by atoms with Crippen LogP contribution >= 0.6 is 0 Å². The van der Waals surface area contributed by atoms with Crippen molar-refractivity contribution in [2.24, 2.45) is 0 Å². The second-order valence-electron chi connectivity index (χ2n) is 4.40. The first-order valence-electron chi connectivity index (χ1n) is 6.56. The number of hydrogen-bond acceptors (Lipinski definition) is 3. The van der Waals surface area contributed by atoms with E-state index in [9.17, 15) is 0 Å². The number of nitrogens with zero attached hydrogens (tertiary/aromatic N) is 1. The largest absolute Gasteiger partial charge is 0.381 e. The van der Waals surface area contributed by atoms with Gasteiger partial charge in [-0.1, -0.05) is 13.0 Å². The molecule has 0 fully saturated rings. The molecule has 98 valence electrons. The molecule has 1 N–H and O–H groups in total. The van der Waals surface area contributed by atoms with Crippen LogP contribution < -0.4 is 5.32 Å². The molecule has 1 aromatic carbocycles. The van der Waals surface area contributed by atoms with Crippen molar-refractivity contribution in [3.05, 3.63) is 34.9 Å². The Hall–Kier alpha value is -1.37. The second-order valence-corrected chi connectivity index (χ2v) is 4.40. The number of hydrogen-bond donors (Lipinski definition) is 1. The van der Waals surface area contributed by atoms with Crippen molar-refractivity contribution in [1.29, 1.82) is 5.26 Å². The number of benzene rings is 1. The van der Waals surface area contributed by atoms with Gasteiger partial charge in [0.1, 0.15) is 0 Å². The molecular weight excluding hydrogens is 224 g/mol. The second kappa shape index (κ2) is 8.68. The number of nitriles is 1. The standard InChI is InChI=1S/C15H22N2O/c1-3-8-18-9-4-7-17-12-15-6-5-14(11-16)10-13(15)2/h5-6,10,17H,3-4,7-9,12H2,1-2H3. The van der Waals surface area contributed by atoms with Crippen molar-refractivity contribution >= 4 is 0 Å². The maximum absolute atomic E-state index is 8.79. The van der Waals surface area contributed by atoms with Crippen molar-refractivity contribution in [3.63, 3.8) is 0 Å². The van der Waals surface area contributed by atoms with Gasteiger partial charge in [0.15, 0.2) is 0 Å². The van der Waals surface area contributed by atoms with Gasteiger partial charge in [0.2, 0.25) is 0 Å². The molecule has 0 spiro atoms. The average Bonchev–Trinajstić information content (AvgIpc) is 2.39. The predicted molar refractivity (Wildman–Crippen MR) is 73.3 cm³/mol. The van der Waals surface area contributed by atoms with Crippen LogP contribution in [0.4, 0.5) is 0 Å². The van der Waals surface area contributed by atoms with E-state index in [2.05, 4.69) is 18.3 Å². The highest BCUT2D eigenvalue weighted by molar-refractivity contribution is 5.37. The Morgan fingerprint density at radius 1 is 1.33 bits per heavy atom. The molecule has 0 aliphatic carbocycles. The van der Waals surface area contributed by atoms with Gasteiger partial charge in [-0.2, -0.15) is 5.26 Å². The summed E-state index contributed by atoms with van der Waals surface area (Å²) in [5.41, 5.74) is 3.15. The van der Waals surface area contributed by atoms with E-state index in [4.69, 9.17) is 10.00 Å². The third kappa shape index (κ3) is 5.31. The summed E-state index contributed by atoms with van der Waals surface area (Å²) >= 11 is 0. The summed E-state index contributed by atoms with van der Waals surface area (Å²) in [5.74, 6) is 0. The molecule has 0 radical (unpaired) electrons. The zero-order valence-corrected chi connectivity index (χ0v) is 11.3. The highest BCUT2D eigenvalue weighted by Gasteiger charge is 1.99. The lowest BCUT2D eigenvalue weighted by Crippen LogP contribution is -2.17. The molecule has 0 unspecified atom stereocenters. The van der Waals surface area contributed by atoms with Crippen molar-refractivity contribution in [2.45, 2.75) is 33.2 Å². The van der Waals surface area contributed by atoms with Crippen LogP contribution in [0.2, 0.25) is 0 Å². The van der Waals surface area contributed by atoms with Crippen LogP contribution in [0, 0.1) is 18.3 Å². The maximum atomic E-state index is 8.79. The third-order valence-electron chi connectivity index (χ3n) is 2.78. The number of aryl methyl sites for hydroxylation is 1. The normalized spacial score (nSPS) is 10.3. The summed E-state index contributed by atoms with van der Waals surface area (Å²) in [6, 6.07) is 7.98. The van der Waals surface area contributed by atoms with Gasteiger partial charge >= 0.3 is 0 Å². The molecule has 0 bridgehead atoms. The Kier molecular flexibility index (Phi) is 7.09. The Bertz CT molecular complexity index is 396. The van der Waals surface area contributed by atoms with Crippen molar-refractivity contribution < 1.29 is 4.74 Å². The summed E-state index contributed by atoms with van der Waals surface area (Å²) in [6.07, 6.45) is 2.12. The van der Waals surface area contributed by atoms with Gasteiger partial charge in [-0.05, 0) is 49.6 Å². The minimum atomic E-state index is 0.726. The van der Waals surface area contributed by atoms with Gasteiger partial charge in [-0.3, -0.25) is 0 Å².